The number of ether oxygens (including phenoxy) is 2. The summed E-state index contributed by atoms with van der Waals surface area (Å²) in [4.78, 5) is 25.6. The average Bonchev–Trinajstić information content (AvgIpc) is 3.26. The molecular formula is C26H24N2O4S. The van der Waals surface area contributed by atoms with E-state index in [1.54, 1.807) is 38.3 Å². The van der Waals surface area contributed by atoms with Gasteiger partial charge in [0.05, 0.1) is 13.7 Å². The lowest BCUT2D eigenvalue weighted by Crippen LogP contribution is -2.16. The molecule has 7 heteroatoms. The van der Waals surface area contributed by atoms with Gasteiger partial charge in [-0.2, -0.15) is 5.26 Å². The topological polar surface area (TPSA) is 88.4 Å². The van der Waals surface area contributed by atoms with E-state index >= 15 is 0 Å². The molecule has 33 heavy (non-hydrogen) atoms. The summed E-state index contributed by atoms with van der Waals surface area (Å²) in [5.74, 6) is -0.456. The van der Waals surface area contributed by atoms with Crippen molar-refractivity contribution in [2.45, 2.75) is 20.3 Å². The molecule has 0 aliphatic rings. The molecule has 3 aromatic rings. The summed E-state index contributed by atoms with van der Waals surface area (Å²) in [6.07, 6.45) is 2.39. The van der Waals surface area contributed by atoms with Gasteiger partial charge >= 0.3 is 5.97 Å². The predicted molar refractivity (Wildman–Crippen MR) is 130 cm³/mol. The third-order valence-corrected chi connectivity index (χ3v) is 5.86. The number of esters is 1. The number of thiophene rings is 1. The Labute approximate surface area is 197 Å². The molecule has 0 atom stereocenters. The maximum atomic E-state index is 12.9. The first kappa shape index (κ1) is 23.8. The number of anilines is 1. The second-order valence-electron chi connectivity index (χ2n) is 7.02. The molecule has 1 heterocycles. The van der Waals surface area contributed by atoms with Crippen molar-refractivity contribution in [2.75, 3.05) is 19.0 Å². The standard InChI is InChI=1S/C26H24N2O4S/c1-4-17-6-10-19(11-7-17)22-16-33-25(23(22)26(30)32-5-2)28-24(29)20(15-27)14-18-8-12-21(31-3)13-9-18/h6-14,16H,4-5H2,1-3H3,(H,28,29). The van der Waals surface area contributed by atoms with Crippen molar-refractivity contribution < 1.29 is 19.1 Å². The molecule has 168 valence electrons. The number of methoxy groups -OCH3 is 1. The Hall–Kier alpha value is -3.89. The number of rotatable bonds is 8. The van der Waals surface area contributed by atoms with Gasteiger partial charge in [0.15, 0.2) is 0 Å². The summed E-state index contributed by atoms with van der Waals surface area (Å²) < 4.78 is 10.4. The SMILES string of the molecule is CCOC(=O)c1c(-c2ccc(CC)cc2)csc1NC(=O)C(C#N)=Cc1ccc(OC)cc1. The lowest BCUT2D eigenvalue weighted by molar-refractivity contribution is -0.112. The van der Waals surface area contributed by atoms with Crippen LogP contribution in [0.4, 0.5) is 5.00 Å². The van der Waals surface area contributed by atoms with Crippen molar-refractivity contribution in [3.05, 3.63) is 76.2 Å². The van der Waals surface area contributed by atoms with Gasteiger partial charge in [0.1, 0.15) is 28.0 Å². The van der Waals surface area contributed by atoms with Gasteiger partial charge < -0.3 is 14.8 Å². The van der Waals surface area contributed by atoms with E-state index in [2.05, 4.69) is 12.2 Å². The van der Waals surface area contributed by atoms with Gasteiger partial charge in [0.25, 0.3) is 5.91 Å². The number of aryl methyl sites for hydroxylation is 1. The van der Waals surface area contributed by atoms with Gasteiger partial charge in [-0.3, -0.25) is 4.79 Å². The average molecular weight is 461 g/mol. The molecule has 0 saturated heterocycles. The van der Waals surface area contributed by atoms with E-state index in [1.807, 2.05) is 35.7 Å². The third kappa shape index (κ3) is 5.68. The summed E-state index contributed by atoms with van der Waals surface area (Å²) in [7, 11) is 1.56. The number of nitriles is 1. The Balaban J connectivity index is 1.93. The van der Waals surface area contributed by atoms with Crippen LogP contribution in [0.5, 0.6) is 5.75 Å². The summed E-state index contributed by atoms with van der Waals surface area (Å²) in [6, 6.07) is 16.8. The van der Waals surface area contributed by atoms with Gasteiger partial charge in [-0.05, 0) is 48.2 Å². The molecule has 0 saturated carbocycles. The normalized spacial score (nSPS) is 10.9. The van der Waals surface area contributed by atoms with Crippen LogP contribution in [0.3, 0.4) is 0 Å². The number of hydrogen-bond acceptors (Lipinski definition) is 6. The first-order valence-corrected chi connectivity index (χ1v) is 11.3. The fourth-order valence-electron chi connectivity index (χ4n) is 3.17. The largest absolute Gasteiger partial charge is 0.497 e. The van der Waals surface area contributed by atoms with Crippen molar-refractivity contribution in [1.29, 1.82) is 5.26 Å². The van der Waals surface area contributed by atoms with E-state index < -0.39 is 11.9 Å². The lowest BCUT2D eigenvalue weighted by atomic mass is 10.0. The molecule has 0 unspecified atom stereocenters. The number of nitrogens with zero attached hydrogens (tertiary/aromatic N) is 1. The monoisotopic (exact) mass is 460 g/mol. The Morgan fingerprint density at radius 1 is 1.09 bits per heavy atom. The van der Waals surface area contributed by atoms with E-state index in [0.717, 1.165) is 12.0 Å². The predicted octanol–water partition coefficient (Wildman–Crippen LogP) is 5.71. The highest BCUT2D eigenvalue weighted by atomic mass is 32.1. The maximum absolute atomic E-state index is 12.9. The van der Waals surface area contributed by atoms with Crippen molar-refractivity contribution in [1.82, 2.24) is 0 Å². The van der Waals surface area contributed by atoms with Gasteiger partial charge in [-0.15, -0.1) is 11.3 Å². The zero-order chi connectivity index (χ0) is 23.8. The molecule has 2 aromatic carbocycles. The second-order valence-corrected chi connectivity index (χ2v) is 7.90. The highest BCUT2D eigenvalue weighted by Gasteiger charge is 2.23. The Morgan fingerprint density at radius 2 is 1.79 bits per heavy atom. The first-order valence-electron chi connectivity index (χ1n) is 10.5. The van der Waals surface area contributed by atoms with E-state index in [1.165, 1.54) is 23.0 Å². The molecular weight excluding hydrogens is 436 g/mol. The van der Waals surface area contributed by atoms with Crippen LogP contribution in [0.25, 0.3) is 17.2 Å². The summed E-state index contributed by atoms with van der Waals surface area (Å²) in [5.41, 5.74) is 3.58. The molecule has 0 aliphatic carbocycles. The molecule has 0 radical (unpaired) electrons. The molecule has 1 N–H and O–H groups in total. The zero-order valence-electron chi connectivity index (χ0n) is 18.7. The van der Waals surface area contributed by atoms with Crippen LogP contribution in [0.1, 0.15) is 35.3 Å². The zero-order valence-corrected chi connectivity index (χ0v) is 19.5. The van der Waals surface area contributed by atoms with E-state index in [9.17, 15) is 14.9 Å². The fourth-order valence-corrected chi connectivity index (χ4v) is 4.13. The minimum absolute atomic E-state index is 0.0859. The van der Waals surface area contributed by atoms with Gasteiger partial charge in [0.2, 0.25) is 0 Å². The molecule has 3 rings (SSSR count). The molecule has 0 aliphatic heterocycles. The first-order chi connectivity index (χ1) is 16.0. The number of carbonyl (C=O) groups excluding carboxylic acids is 2. The van der Waals surface area contributed by atoms with Crippen LogP contribution in [0.15, 0.2) is 59.5 Å². The summed E-state index contributed by atoms with van der Waals surface area (Å²) in [6.45, 7) is 4.00. The Morgan fingerprint density at radius 3 is 2.36 bits per heavy atom. The van der Waals surface area contributed by atoms with Crippen molar-refractivity contribution in [2.24, 2.45) is 0 Å². The number of amides is 1. The molecule has 6 nitrogen and oxygen atoms in total. The molecule has 1 aromatic heterocycles. The quantitative estimate of drug-likeness (QED) is 0.264. The minimum Gasteiger partial charge on any atom is -0.497 e. The van der Waals surface area contributed by atoms with Crippen LogP contribution >= 0.6 is 11.3 Å². The van der Waals surface area contributed by atoms with Crippen LogP contribution in [0, 0.1) is 11.3 Å². The molecule has 0 spiro atoms. The van der Waals surface area contributed by atoms with E-state index in [4.69, 9.17) is 9.47 Å². The number of benzene rings is 2. The minimum atomic E-state index is -0.603. The van der Waals surface area contributed by atoms with Gasteiger partial charge in [0, 0.05) is 10.9 Å². The lowest BCUT2D eigenvalue weighted by Gasteiger charge is -2.09. The van der Waals surface area contributed by atoms with Gasteiger partial charge in [-0.1, -0.05) is 43.3 Å². The Kier molecular flexibility index (Phi) is 8.01. The highest BCUT2D eigenvalue weighted by Crippen LogP contribution is 2.36. The van der Waals surface area contributed by atoms with Crippen molar-refractivity contribution in [3.8, 4) is 22.9 Å². The third-order valence-electron chi connectivity index (χ3n) is 4.96. The van der Waals surface area contributed by atoms with E-state index in [-0.39, 0.29) is 17.7 Å². The van der Waals surface area contributed by atoms with Crippen LogP contribution < -0.4 is 10.1 Å². The maximum Gasteiger partial charge on any atom is 0.341 e. The van der Waals surface area contributed by atoms with Crippen molar-refractivity contribution >= 4 is 34.3 Å². The number of hydrogen-bond donors (Lipinski definition) is 1. The second kappa shape index (κ2) is 11.1. The van der Waals surface area contributed by atoms with E-state index in [0.29, 0.717) is 21.9 Å². The number of carbonyl (C=O) groups is 2. The Bertz CT molecular complexity index is 1200. The summed E-state index contributed by atoms with van der Waals surface area (Å²) >= 11 is 1.22. The molecule has 0 bridgehead atoms. The van der Waals surface area contributed by atoms with Gasteiger partial charge in [-0.25, -0.2) is 4.79 Å². The van der Waals surface area contributed by atoms with Crippen LogP contribution in [-0.2, 0) is 16.0 Å². The van der Waals surface area contributed by atoms with Crippen LogP contribution in [0.2, 0.25) is 0 Å². The highest BCUT2D eigenvalue weighted by molar-refractivity contribution is 7.15. The fraction of sp³-hybridized carbons (Fsp3) is 0.192. The van der Waals surface area contributed by atoms with Crippen molar-refractivity contribution in [3.63, 3.8) is 0 Å². The summed E-state index contributed by atoms with van der Waals surface area (Å²) in [5, 5.41) is 14.4. The molecule has 0 fully saturated rings. The van der Waals surface area contributed by atoms with Crippen LogP contribution in [-0.4, -0.2) is 25.6 Å². The smallest absolute Gasteiger partial charge is 0.341 e. The molecule has 1 amide bonds. The number of nitrogens with one attached hydrogen (secondary N) is 1.